The number of piperazine rings is 1. The van der Waals surface area contributed by atoms with E-state index in [1.807, 2.05) is 17.6 Å². The number of nitrogens with one attached hydrogen (secondary N) is 1. The van der Waals surface area contributed by atoms with Gasteiger partial charge in [0, 0.05) is 44.1 Å². The number of aliphatic hydroxyl groups excluding tert-OH is 1. The number of halogens is 1. The summed E-state index contributed by atoms with van der Waals surface area (Å²) in [5.74, 6) is 0.357. The van der Waals surface area contributed by atoms with E-state index in [1.54, 1.807) is 24.5 Å². The van der Waals surface area contributed by atoms with Crippen LogP contribution in [0.1, 0.15) is 11.1 Å². The second-order valence-corrected chi connectivity index (χ2v) is 6.55. The molecule has 1 fully saturated rings. The molecule has 0 spiro atoms. The lowest BCUT2D eigenvalue weighted by Gasteiger charge is -2.37. The van der Waals surface area contributed by atoms with Crippen molar-refractivity contribution in [2.45, 2.75) is 6.04 Å². The molecule has 1 aromatic carbocycles. The van der Waals surface area contributed by atoms with E-state index >= 15 is 0 Å². The number of hydrogen-bond acceptors (Lipinski definition) is 7. The summed E-state index contributed by atoms with van der Waals surface area (Å²) in [5.41, 5.74) is 3.85. The van der Waals surface area contributed by atoms with Gasteiger partial charge < -0.3 is 10.0 Å². The van der Waals surface area contributed by atoms with Gasteiger partial charge in [0.2, 0.25) is 5.95 Å². The molecule has 0 aliphatic carbocycles. The van der Waals surface area contributed by atoms with Gasteiger partial charge in [-0.3, -0.25) is 15.6 Å². The fourth-order valence-corrected chi connectivity index (χ4v) is 3.05. The van der Waals surface area contributed by atoms with Gasteiger partial charge in [-0.1, -0.05) is 30.9 Å². The number of nitrogens with zero attached hydrogens (tertiary/aromatic N) is 4. The van der Waals surface area contributed by atoms with Crippen molar-refractivity contribution >= 4 is 17.7 Å². The average Bonchev–Trinajstić information content (AvgIpc) is 2.75. The molecular weight excluding hydrogens is 361 g/mol. The van der Waals surface area contributed by atoms with Gasteiger partial charge in [0.15, 0.2) is 0 Å². The summed E-state index contributed by atoms with van der Waals surface area (Å²) < 4.78 is 13.0. The molecule has 3 N–H and O–H groups in total. The summed E-state index contributed by atoms with van der Waals surface area (Å²) in [6.07, 6.45) is 7.07. The number of rotatable bonds is 7. The molecule has 7 nitrogen and oxygen atoms in total. The van der Waals surface area contributed by atoms with Gasteiger partial charge in [-0.25, -0.2) is 14.4 Å². The highest BCUT2D eigenvalue weighted by Gasteiger charge is 2.23. The van der Waals surface area contributed by atoms with Crippen molar-refractivity contribution in [1.29, 1.82) is 0 Å². The molecule has 1 aliphatic rings. The molecule has 1 atom stereocenters. The third-order valence-corrected chi connectivity index (χ3v) is 4.76. The van der Waals surface area contributed by atoms with Crippen LogP contribution < -0.4 is 10.4 Å². The number of aliphatic hydroxyl groups is 1. The van der Waals surface area contributed by atoms with Crippen molar-refractivity contribution in [2.75, 3.05) is 37.7 Å². The minimum absolute atomic E-state index is 0.0131. The highest BCUT2D eigenvalue weighted by molar-refractivity contribution is 5.59. The topological polar surface area (TPSA) is 84.8 Å². The summed E-state index contributed by atoms with van der Waals surface area (Å²) in [7, 11) is 0. The summed E-state index contributed by atoms with van der Waals surface area (Å²) in [4.78, 5) is 12.9. The van der Waals surface area contributed by atoms with Crippen LogP contribution in [0.5, 0.6) is 0 Å². The van der Waals surface area contributed by atoms with Crippen molar-refractivity contribution < 1.29 is 14.7 Å². The number of hydroxylamine groups is 1. The first-order valence-electron chi connectivity index (χ1n) is 9.06. The zero-order valence-electron chi connectivity index (χ0n) is 15.5. The lowest BCUT2D eigenvalue weighted by molar-refractivity contribution is 0.145. The van der Waals surface area contributed by atoms with Crippen molar-refractivity contribution in [1.82, 2.24) is 20.3 Å². The SMILES string of the molecule is C=C(NO)c1cnc(N2CCN([C@@H](/C=C/c3ccc(F)cc3)CO)CC2)nc1. The predicted octanol–water partition coefficient (Wildman–Crippen LogP) is 1.76. The second kappa shape index (κ2) is 9.41. The fraction of sp³-hybridized carbons (Fsp3) is 0.300. The van der Waals surface area contributed by atoms with Crippen LogP contribution in [-0.4, -0.2) is 64.0 Å². The molecule has 0 radical (unpaired) electrons. The number of hydrogen-bond donors (Lipinski definition) is 3. The van der Waals surface area contributed by atoms with Crippen LogP contribution in [0.15, 0.2) is 49.3 Å². The minimum atomic E-state index is -0.265. The molecule has 0 bridgehead atoms. The maximum absolute atomic E-state index is 13.0. The summed E-state index contributed by atoms with van der Waals surface area (Å²) in [6.45, 7) is 6.66. The molecule has 2 heterocycles. The largest absolute Gasteiger partial charge is 0.394 e. The van der Waals surface area contributed by atoms with Gasteiger partial charge in [0.1, 0.15) is 5.82 Å². The molecule has 0 amide bonds. The maximum atomic E-state index is 13.0. The van der Waals surface area contributed by atoms with Crippen molar-refractivity contribution in [2.24, 2.45) is 0 Å². The molecule has 0 unspecified atom stereocenters. The summed E-state index contributed by atoms with van der Waals surface area (Å²) in [5, 5.41) is 18.6. The zero-order chi connectivity index (χ0) is 19.9. The fourth-order valence-electron chi connectivity index (χ4n) is 3.05. The molecule has 2 aromatic rings. The molecular formula is C20H24FN5O2. The lowest BCUT2D eigenvalue weighted by atomic mass is 10.1. The van der Waals surface area contributed by atoms with Gasteiger partial charge in [0.25, 0.3) is 0 Å². The Kier molecular flexibility index (Phi) is 6.70. The van der Waals surface area contributed by atoms with E-state index in [4.69, 9.17) is 5.21 Å². The highest BCUT2D eigenvalue weighted by Crippen LogP contribution is 2.15. The Morgan fingerprint density at radius 3 is 2.39 bits per heavy atom. The molecule has 1 saturated heterocycles. The smallest absolute Gasteiger partial charge is 0.225 e. The van der Waals surface area contributed by atoms with E-state index in [1.165, 1.54) is 12.1 Å². The monoisotopic (exact) mass is 385 g/mol. The van der Waals surface area contributed by atoms with Gasteiger partial charge in [-0.2, -0.15) is 0 Å². The molecule has 3 rings (SSSR count). The normalized spacial score (nSPS) is 16.3. The van der Waals surface area contributed by atoms with Crippen LogP contribution in [0.25, 0.3) is 11.8 Å². The van der Waals surface area contributed by atoms with Gasteiger partial charge in [-0.05, 0) is 17.7 Å². The lowest BCUT2D eigenvalue weighted by Crippen LogP contribution is -2.51. The Labute approximate surface area is 163 Å². The highest BCUT2D eigenvalue weighted by atomic mass is 19.1. The predicted molar refractivity (Wildman–Crippen MR) is 106 cm³/mol. The van der Waals surface area contributed by atoms with Gasteiger partial charge in [-0.15, -0.1) is 0 Å². The Morgan fingerprint density at radius 2 is 1.82 bits per heavy atom. The van der Waals surface area contributed by atoms with E-state index in [9.17, 15) is 9.50 Å². The molecule has 1 aliphatic heterocycles. The summed E-state index contributed by atoms with van der Waals surface area (Å²) in [6, 6.07) is 6.16. The molecule has 0 saturated carbocycles. The first-order valence-corrected chi connectivity index (χ1v) is 9.06. The maximum Gasteiger partial charge on any atom is 0.225 e. The van der Waals surface area contributed by atoms with E-state index < -0.39 is 0 Å². The van der Waals surface area contributed by atoms with Crippen LogP contribution in [-0.2, 0) is 0 Å². The zero-order valence-corrected chi connectivity index (χ0v) is 15.5. The molecule has 8 heteroatoms. The first kappa shape index (κ1) is 19.9. The molecule has 1 aromatic heterocycles. The molecule has 28 heavy (non-hydrogen) atoms. The Balaban J connectivity index is 1.57. The number of anilines is 1. The van der Waals surface area contributed by atoms with E-state index in [2.05, 4.69) is 26.3 Å². The van der Waals surface area contributed by atoms with Crippen LogP contribution in [0.4, 0.5) is 10.3 Å². The quantitative estimate of drug-likeness (QED) is 0.626. The Hall–Kier alpha value is -2.81. The van der Waals surface area contributed by atoms with Crippen molar-refractivity contribution in [3.8, 4) is 0 Å². The van der Waals surface area contributed by atoms with E-state index in [0.29, 0.717) is 17.2 Å². The van der Waals surface area contributed by atoms with E-state index in [0.717, 1.165) is 31.7 Å². The second-order valence-electron chi connectivity index (χ2n) is 6.55. The van der Waals surface area contributed by atoms with Crippen LogP contribution in [0.2, 0.25) is 0 Å². The van der Waals surface area contributed by atoms with Crippen LogP contribution in [0.3, 0.4) is 0 Å². The van der Waals surface area contributed by atoms with Crippen molar-refractivity contribution in [3.63, 3.8) is 0 Å². The van der Waals surface area contributed by atoms with Crippen LogP contribution >= 0.6 is 0 Å². The number of aromatic nitrogens is 2. The van der Waals surface area contributed by atoms with Gasteiger partial charge >= 0.3 is 0 Å². The first-order chi connectivity index (χ1) is 13.6. The standard InChI is InChI=1S/C20H24FN5O2/c1-15(24-28)17-12-22-20(23-13-17)26-10-8-25(9-11-26)19(14-27)7-4-16-2-5-18(21)6-3-16/h2-7,12-13,19,24,27-28H,1,8-11,14H2/b7-4+/t19-/m0/s1. The Bertz CT molecular complexity index is 802. The summed E-state index contributed by atoms with van der Waals surface area (Å²) >= 11 is 0. The third-order valence-electron chi connectivity index (χ3n) is 4.76. The minimum Gasteiger partial charge on any atom is -0.394 e. The van der Waals surface area contributed by atoms with Crippen LogP contribution in [0, 0.1) is 5.82 Å². The number of benzene rings is 1. The third kappa shape index (κ3) is 4.92. The van der Waals surface area contributed by atoms with Gasteiger partial charge in [0.05, 0.1) is 18.3 Å². The Morgan fingerprint density at radius 1 is 1.18 bits per heavy atom. The van der Waals surface area contributed by atoms with E-state index in [-0.39, 0.29) is 18.5 Å². The average molecular weight is 385 g/mol. The van der Waals surface area contributed by atoms with Crippen molar-refractivity contribution in [3.05, 3.63) is 66.3 Å². The molecule has 148 valence electrons.